The third-order valence-corrected chi connectivity index (χ3v) is 11.2. The van der Waals surface area contributed by atoms with Crippen LogP contribution in [-0.4, -0.2) is 73.4 Å². The van der Waals surface area contributed by atoms with Gasteiger partial charge in [-0.25, -0.2) is 28.7 Å². The number of anilines is 2. The fraction of sp³-hybridized carbons (Fsp3) is 0.196. The quantitative estimate of drug-likeness (QED) is 0.0905. The number of halogens is 2. The number of amides is 2. The Morgan fingerprint density at radius 3 is 2.02 bits per heavy atom. The van der Waals surface area contributed by atoms with Crippen LogP contribution in [0.4, 0.5) is 20.2 Å². The van der Waals surface area contributed by atoms with Gasteiger partial charge >= 0.3 is 0 Å². The first-order valence-corrected chi connectivity index (χ1v) is 20.7. The van der Waals surface area contributed by atoms with E-state index in [1.165, 1.54) is 44.0 Å². The Bertz CT molecular complexity index is 3080. The summed E-state index contributed by atoms with van der Waals surface area (Å²) in [5.41, 5.74) is 3.04. The van der Waals surface area contributed by atoms with E-state index in [2.05, 4.69) is 66.6 Å². The topological polar surface area (TPSA) is 217 Å². The van der Waals surface area contributed by atoms with E-state index in [-0.39, 0.29) is 42.0 Å². The van der Waals surface area contributed by atoms with Gasteiger partial charge < -0.3 is 35.1 Å². The fourth-order valence-corrected chi connectivity index (χ4v) is 7.34. The fourth-order valence-electron chi connectivity index (χ4n) is 7.34. The van der Waals surface area contributed by atoms with Crippen LogP contribution in [0.2, 0.25) is 0 Å². The van der Waals surface area contributed by atoms with Crippen molar-refractivity contribution in [1.29, 1.82) is 0 Å². The number of nitrogens with one attached hydrogen (secondary N) is 4. The Kier molecular flexibility index (Phi) is 11.8. The van der Waals surface area contributed by atoms with Crippen LogP contribution < -0.4 is 26.0 Å². The van der Waals surface area contributed by atoms with Crippen LogP contribution in [0.3, 0.4) is 0 Å². The average Bonchev–Trinajstić information content (AvgIpc) is 3.89. The normalized spacial score (nSPS) is 12.6. The Morgan fingerprint density at radius 1 is 0.712 bits per heavy atom. The maximum absolute atomic E-state index is 16.5. The molecule has 9 rings (SSSR count). The zero-order valence-electron chi connectivity index (χ0n) is 35.8. The summed E-state index contributed by atoms with van der Waals surface area (Å²) in [5, 5.41) is 29.7. The number of benzene rings is 3. The van der Waals surface area contributed by atoms with Crippen molar-refractivity contribution in [2.75, 3.05) is 17.7 Å². The maximum Gasteiger partial charge on any atom is 0.252 e. The molecule has 5 aromatic heterocycles. The number of hydrogen-bond acceptors (Lipinski definition) is 14. The van der Waals surface area contributed by atoms with E-state index >= 15 is 4.39 Å². The molecular weight excluding hydrogens is 849 g/mol. The summed E-state index contributed by atoms with van der Waals surface area (Å²) < 4.78 is 39.0. The van der Waals surface area contributed by atoms with Crippen molar-refractivity contribution in [3.8, 4) is 40.2 Å². The van der Waals surface area contributed by atoms with Crippen molar-refractivity contribution < 1.29 is 23.1 Å². The number of ether oxygens (including phenoxy) is 1. The second-order valence-corrected chi connectivity index (χ2v) is 15.4. The first-order valence-electron chi connectivity index (χ1n) is 20.7. The Hall–Kier alpha value is -8.55. The smallest absolute Gasteiger partial charge is 0.252 e. The molecule has 5 heterocycles. The molecule has 18 nitrogen and oxygen atoms in total. The summed E-state index contributed by atoms with van der Waals surface area (Å²) in [7, 11) is 5.08. The molecule has 1 saturated carbocycles. The summed E-state index contributed by atoms with van der Waals surface area (Å²) in [6.45, 7) is 0.741. The first-order chi connectivity index (χ1) is 32.1. The van der Waals surface area contributed by atoms with Gasteiger partial charge in [0.15, 0.2) is 34.9 Å². The van der Waals surface area contributed by atoms with Crippen molar-refractivity contribution >= 4 is 23.2 Å². The summed E-state index contributed by atoms with van der Waals surface area (Å²) >= 11 is 0. The van der Waals surface area contributed by atoms with Crippen molar-refractivity contribution in [1.82, 2.24) is 65.1 Å². The summed E-state index contributed by atoms with van der Waals surface area (Å²) in [5.74, 6) is 0.924. The molecule has 1 aliphatic rings. The molecule has 2 amide bonds. The summed E-state index contributed by atoms with van der Waals surface area (Å²) in [6, 6.07) is 23.0. The highest BCUT2D eigenvalue weighted by molar-refractivity contribution is 5.96. The highest BCUT2D eigenvalue weighted by Gasteiger charge is 2.49. The van der Waals surface area contributed by atoms with E-state index in [1.54, 1.807) is 72.4 Å². The van der Waals surface area contributed by atoms with Gasteiger partial charge in [0.1, 0.15) is 35.0 Å². The monoisotopic (exact) mass is 889 g/mol. The lowest BCUT2D eigenvalue weighted by Crippen LogP contribution is -2.36. The number of hydrogen-bond donors (Lipinski definition) is 4. The van der Waals surface area contributed by atoms with Crippen LogP contribution in [-0.2, 0) is 39.3 Å². The number of carbonyl (C=O) groups is 2. The van der Waals surface area contributed by atoms with Crippen molar-refractivity contribution in [3.63, 3.8) is 0 Å². The summed E-state index contributed by atoms with van der Waals surface area (Å²) in [4.78, 5) is 48.3. The highest BCUT2D eigenvalue weighted by Crippen LogP contribution is 2.47. The molecule has 332 valence electrons. The average molecular weight is 890 g/mol. The van der Waals surface area contributed by atoms with Crippen molar-refractivity contribution in [3.05, 3.63) is 156 Å². The van der Waals surface area contributed by atoms with Crippen LogP contribution in [0.1, 0.15) is 56.5 Å². The Labute approximate surface area is 376 Å². The van der Waals surface area contributed by atoms with Gasteiger partial charge in [-0.1, -0.05) is 18.2 Å². The van der Waals surface area contributed by atoms with E-state index in [0.29, 0.717) is 87.9 Å². The third kappa shape index (κ3) is 8.96. The molecule has 0 saturated heterocycles. The molecule has 0 spiro atoms. The van der Waals surface area contributed by atoms with E-state index < -0.39 is 17.2 Å². The Morgan fingerprint density at radius 2 is 1.36 bits per heavy atom. The van der Waals surface area contributed by atoms with Gasteiger partial charge in [-0.2, -0.15) is 0 Å². The van der Waals surface area contributed by atoms with E-state index in [4.69, 9.17) is 4.74 Å². The van der Waals surface area contributed by atoms with Crippen LogP contribution in [0.5, 0.6) is 5.75 Å². The molecular formula is C46H41F2N15O3. The molecule has 1 aliphatic carbocycles. The lowest BCUT2D eigenvalue weighted by atomic mass is 10.1. The molecule has 20 heteroatoms. The number of pyridine rings is 1. The largest absolute Gasteiger partial charge is 0.496 e. The minimum Gasteiger partial charge on any atom is -0.496 e. The number of methoxy groups -OCH3 is 1. The molecule has 3 aromatic carbocycles. The van der Waals surface area contributed by atoms with E-state index in [0.717, 1.165) is 0 Å². The number of carbonyl (C=O) groups excluding carboxylic acids is 2. The molecule has 8 aromatic rings. The van der Waals surface area contributed by atoms with Gasteiger partial charge in [-0.3, -0.25) is 14.6 Å². The summed E-state index contributed by atoms with van der Waals surface area (Å²) in [6.07, 6.45) is 7.07. The number of rotatable bonds is 16. The predicted molar refractivity (Wildman–Crippen MR) is 237 cm³/mol. The second kappa shape index (κ2) is 18.3. The zero-order valence-corrected chi connectivity index (χ0v) is 35.8. The number of aromatic nitrogens is 11. The van der Waals surface area contributed by atoms with Crippen LogP contribution in [0.15, 0.2) is 110 Å². The van der Waals surface area contributed by atoms with Crippen molar-refractivity contribution in [2.45, 2.75) is 38.0 Å². The molecule has 0 aliphatic heterocycles. The van der Waals surface area contributed by atoms with Gasteiger partial charge in [0, 0.05) is 73.4 Å². The first kappa shape index (κ1) is 42.7. The molecule has 0 atom stereocenters. The minimum atomic E-state index is -1.01. The van der Waals surface area contributed by atoms with E-state index in [9.17, 15) is 14.0 Å². The van der Waals surface area contributed by atoms with Crippen LogP contribution in [0.25, 0.3) is 34.4 Å². The highest BCUT2D eigenvalue weighted by atomic mass is 19.1. The van der Waals surface area contributed by atoms with E-state index in [1.807, 2.05) is 23.7 Å². The van der Waals surface area contributed by atoms with Gasteiger partial charge in [-0.05, 0) is 73.5 Å². The standard InChI is InChI=1S/C46H41F2N15O3/c1-62-37(58-60-42(62)34-13-17-49-26-55-34)24-53-32-9-5-7-28(21-32)45(65)57-46(15-16-46)40-39(48)33(12-18-50-40)41-51-19-14-35(56-41)43-61-59-38(63(43)2)25-52-31-8-4-6-27(20-31)44(64)54-23-29-10-11-30(47)22-36(29)66-3/h4-14,17-22,26,52-53H,15-16,23-25H2,1-3H3,(H,54,64)(H,57,65). The zero-order chi connectivity index (χ0) is 45.8. The molecule has 0 unspecified atom stereocenters. The van der Waals surface area contributed by atoms with Gasteiger partial charge in [-0.15, -0.1) is 20.4 Å². The molecule has 66 heavy (non-hydrogen) atoms. The Balaban J connectivity index is 0.841. The lowest BCUT2D eigenvalue weighted by molar-refractivity contribution is 0.0926. The number of nitrogens with zero attached hydrogens (tertiary/aromatic N) is 11. The molecule has 4 N–H and O–H groups in total. The molecule has 1 fully saturated rings. The molecule has 0 radical (unpaired) electrons. The third-order valence-electron chi connectivity index (χ3n) is 11.2. The lowest BCUT2D eigenvalue weighted by Gasteiger charge is -2.19. The van der Waals surface area contributed by atoms with Crippen molar-refractivity contribution in [2.24, 2.45) is 14.1 Å². The molecule has 0 bridgehead atoms. The minimum absolute atomic E-state index is 0.0973. The van der Waals surface area contributed by atoms with Gasteiger partial charge in [0.05, 0.1) is 31.3 Å². The van der Waals surface area contributed by atoms with Gasteiger partial charge in [0.2, 0.25) is 0 Å². The maximum atomic E-state index is 16.5. The van der Waals surface area contributed by atoms with Crippen LogP contribution in [0, 0.1) is 11.6 Å². The predicted octanol–water partition coefficient (Wildman–Crippen LogP) is 5.78. The van der Waals surface area contributed by atoms with Gasteiger partial charge in [0.25, 0.3) is 11.8 Å². The van der Waals surface area contributed by atoms with Crippen LogP contribution >= 0.6 is 0 Å². The SMILES string of the molecule is COc1cc(F)ccc1CNC(=O)c1cccc(NCc2nnc(-c3ccnc(-c4ccnc(C5(NC(=O)c6cccc(NCc7nnc(-c8ccncn8)n7C)c6)CC5)c4F)n3)n2C)c1. The second-order valence-electron chi connectivity index (χ2n) is 15.4.